The van der Waals surface area contributed by atoms with Crippen molar-refractivity contribution in [1.82, 2.24) is 0 Å². The third kappa shape index (κ3) is 4.08. The predicted molar refractivity (Wildman–Crippen MR) is 91.9 cm³/mol. The van der Waals surface area contributed by atoms with Crippen LogP contribution in [0.4, 0.5) is 11.4 Å². The molecule has 0 heterocycles. The number of hydrogen-bond acceptors (Lipinski definition) is 2. The average molecular weight is 347 g/mol. The van der Waals surface area contributed by atoms with Gasteiger partial charge in [-0.3, -0.25) is 4.79 Å². The normalized spacial score (nSPS) is 10.3. The molecule has 0 unspecified atom stereocenters. The van der Waals surface area contributed by atoms with Gasteiger partial charge in [-0.05, 0) is 49.6 Å². The van der Waals surface area contributed by atoms with E-state index in [1.165, 1.54) is 5.56 Å². The summed E-state index contributed by atoms with van der Waals surface area (Å²) in [6.07, 6.45) is 0. The zero-order valence-electron chi connectivity index (χ0n) is 12.5. The van der Waals surface area contributed by atoms with Crippen molar-refractivity contribution in [2.24, 2.45) is 0 Å². The molecule has 2 aromatic rings. The van der Waals surface area contributed by atoms with Crippen molar-refractivity contribution < 1.29 is 4.79 Å². The van der Waals surface area contributed by atoms with Crippen molar-refractivity contribution in [1.29, 1.82) is 0 Å². The molecule has 110 valence electrons. The van der Waals surface area contributed by atoms with Crippen LogP contribution < -0.4 is 10.6 Å². The van der Waals surface area contributed by atoms with Crippen LogP contribution >= 0.6 is 15.9 Å². The number of hydrogen-bond donors (Lipinski definition) is 2. The van der Waals surface area contributed by atoms with E-state index in [0.717, 1.165) is 27.0 Å². The number of anilines is 2. The molecule has 0 bridgehead atoms. The summed E-state index contributed by atoms with van der Waals surface area (Å²) >= 11 is 3.49. The van der Waals surface area contributed by atoms with Crippen LogP contribution in [0.15, 0.2) is 40.9 Å². The highest BCUT2D eigenvalue weighted by Gasteiger charge is 2.07. The second-order valence-electron chi connectivity index (χ2n) is 5.13. The highest BCUT2D eigenvalue weighted by atomic mass is 79.9. The Balaban J connectivity index is 1.97. The van der Waals surface area contributed by atoms with Crippen LogP contribution in [0, 0.1) is 20.8 Å². The number of rotatable bonds is 4. The zero-order chi connectivity index (χ0) is 15.4. The Labute approximate surface area is 133 Å². The van der Waals surface area contributed by atoms with Crippen molar-refractivity contribution in [2.75, 3.05) is 17.2 Å². The van der Waals surface area contributed by atoms with E-state index in [1.807, 2.05) is 57.2 Å². The van der Waals surface area contributed by atoms with Crippen molar-refractivity contribution in [3.63, 3.8) is 0 Å². The molecule has 0 fully saturated rings. The summed E-state index contributed by atoms with van der Waals surface area (Å²) in [5.74, 6) is -0.0518. The van der Waals surface area contributed by atoms with Crippen molar-refractivity contribution >= 4 is 33.2 Å². The number of nitrogens with one attached hydrogen (secondary N) is 2. The molecule has 0 saturated heterocycles. The van der Waals surface area contributed by atoms with Gasteiger partial charge in [0, 0.05) is 15.8 Å². The van der Waals surface area contributed by atoms with Gasteiger partial charge in [0.2, 0.25) is 5.91 Å². The summed E-state index contributed by atoms with van der Waals surface area (Å²) in [5, 5.41) is 6.09. The highest BCUT2D eigenvalue weighted by Crippen LogP contribution is 2.21. The molecule has 0 aliphatic heterocycles. The lowest BCUT2D eigenvalue weighted by atomic mass is 10.1. The molecule has 2 N–H and O–H groups in total. The monoisotopic (exact) mass is 346 g/mol. The topological polar surface area (TPSA) is 41.1 Å². The molecule has 0 aliphatic carbocycles. The van der Waals surface area contributed by atoms with Crippen molar-refractivity contribution in [2.45, 2.75) is 20.8 Å². The van der Waals surface area contributed by atoms with Crippen LogP contribution in [0.2, 0.25) is 0 Å². The van der Waals surface area contributed by atoms with Crippen molar-refractivity contribution in [3.05, 3.63) is 57.6 Å². The number of carbonyl (C=O) groups is 1. The fourth-order valence-electron chi connectivity index (χ4n) is 2.08. The summed E-state index contributed by atoms with van der Waals surface area (Å²) in [6, 6.07) is 11.9. The molecule has 3 nitrogen and oxygen atoms in total. The maximum absolute atomic E-state index is 12.1. The summed E-state index contributed by atoms with van der Waals surface area (Å²) in [5.41, 5.74) is 5.13. The summed E-state index contributed by atoms with van der Waals surface area (Å²) in [4.78, 5) is 12.1. The largest absolute Gasteiger partial charge is 0.376 e. The van der Waals surface area contributed by atoms with E-state index in [0.29, 0.717) is 0 Å². The van der Waals surface area contributed by atoms with Crippen LogP contribution in [-0.4, -0.2) is 12.5 Å². The number of amides is 1. The van der Waals surface area contributed by atoms with Gasteiger partial charge in [0.25, 0.3) is 0 Å². The molecule has 4 heteroatoms. The van der Waals surface area contributed by atoms with E-state index in [2.05, 4.69) is 26.6 Å². The van der Waals surface area contributed by atoms with E-state index in [1.54, 1.807) is 0 Å². The number of aryl methyl sites for hydroxylation is 3. The van der Waals surface area contributed by atoms with Gasteiger partial charge in [-0.25, -0.2) is 0 Å². The second-order valence-corrected chi connectivity index (χ2v) is 5.99. The van der Waals surface area contributed by atoms with Crippen LogP contribution in [0.3, 0.4) is 0 Å². The lowest BCUT2D eigenvalue weighted by molar-refractivity contribution is -0.114. The van der Waals surface area contributed by atoms with Gasteiger partial charge < -0.3 is 10.6 Å². The number of para-hydroxylation sites is 1. The van der Waals surface area contributed by atoms with E-state index in [4.69, 9.17) is 0 Å². The van der Waals surface area contributed by atoms with Gasteiger partial charge in [0.15, 0.2) is 0 Å². The molecule has 21 heavy (non-hydrogen) atoms. The zero-order valence-corrected chi connectivity index (χ0v) is 14.0. The smallest absolute Gasteiger partial charge is 0.243 e. The van der Waals surface area contributed by atoms with Gasteiger partial charge in [0.05, 0.1) is 6.54 Å². The molecule has 0 atom stereocenters. The first kappa shape index (κ1) is 15.6. The Bertz CT molecular complexity index is 648. The number of benzene rings is 2. The minimum atomic E-state index is -0.0518. The molecular weight excluding hydrogens is 328 g/mol. The third-order valence-corrected chi connectivity index (χ3v) is 4.22. The lowest BCUT2D eigenvalue weighted by Crippen LogP contribution is -2.22. The van der Waals surface area contributed by atoms with E-state index >= 15 is 0 Å². The first-order chi connectivity index (χ1) is 9.97. The number of halogens is 1. The lowest BCUT2D eigenvalue weighted by Gasteiger charge is -2.12. The third-order valence-electron chi connectivity index (χ3n) is 3.37. The molecule has 0 spiro atoms. The fourth-order valence-corrected chi connectivity index (χ4v) is 2.46. The fraction of sp³-hybridized carbons (Fsp3) is 0.235. The van der Waals surface area contributed by atoms with E-state index in [9.17, 15) is 4.79 Å². The minimum Gasteiger partial charge on any atom is -0.376 e. The Kier molecular flexibility index (Phi) is 5.02. The summed E-state index contributed by atoms with van der Waals surface area (Å²) in [6.45, 7) is 6.26. The standard InChI is InChI=1S/C17H19BrN2O/c1-11-7-8-14(9-15(11)18)19-10-16(21)20-17-12(2)5-4-6-13(17)3/h4-9,19H,10H2,1-3H3,(H,20,21). The van der Waals surface area contributed by atoms with Gasteiger partial charge in [-0.1, -0.05) is 40.2 Å². The van der Waals surface area contributed by atoms with E-state index < -0.39 is 0 Å². The number of carbonyl (C=O) groups excluding carboxylic acids is 1. The molecule has 0 saturated carbocycles. The van der Waals surface area contributed by atoms with Gasteiger partial charge in [-0.2, -0.15) is 0 Å². The predicted octanol–water partition coefficient (Wildman–Crippen LogP) is 4.42. The van der Waals surface area contributed by atoms with Crippen LogP contribution in [0.5, 0.6) is 0 Å². The molecule has 0 aliphatic rings. The molecular formula is C17H19BrN2O. The highest BCUT2D eigenvalue weighted by molar-refractivity contribution is 9.10. The van der Waals surface area contributed by atoms with Gasteiger partial charge in [-0.15, -0.1) is 0 Å². The quantitative estimate of drug-likeness (QED) is 0.859. The Morgan fingerprint density at radius 3 is 2.33 bits per heavy atom. The first-order valence-corrected chi connectivity index (χ1v) is 7.63. The molecule has 2 aromatic carbocycles. The van der Waals surface area contributed by atoms with Crippen LogP contribution in [0.25, 0.3) is 0 Å². The summed E-state index contributed by atoms with van der Waals surface area (Å²) < 4.78 is 1.03. The van der Waals surface area contributed by atoms with Crippen LogP contribution in [-0.2, 0) is 4.79 Å². The summed E-state index contributed by atoms with van der Waals surface area (Å²) in [7, 11) is 0. The molecule has 2 rings (SSSR count). The van der Waals surface area contributed by atoms with E-state index in [-0.39, 0.29) is 12.5 Å². The molecule has 1 amide bonds. The average Bonchev–Trinajstić information content (AvgIpc) is 2.44. The van der Waals surface area contributed by atoms with Gasteiger partial charge >= 0.3 is 0 Å². The Morgan fingerprint density at radius 2 is 1.71 bits per heavy atom. The molecule has 0 aromatic heterocycles. The molecule has 0 radical (unpaired) electrons. The van der Waals surface area contributed by atoms with Crippen molar-refractivity contribution in [3.8, 4) is 0 Å². The minimum absolute atomic E-state index is 0.0518. The first-order valence-electron chi connectivity index (χ1n) is 6.83. The van der Waals surface area contributed by atoms with Gasteiger partial charge in [0.1, 0.15) is 0 Å². The second kappa shape index (κ2) is 6.76. The Morgan fingerprint density at radius 1 is 1.05 bits per heavy atom. The van der Waals surface area contributed by atoms with Crippen LogP contribution in [0.1, 0.15) is 16.7 Å². The SMILES string of the molecule is Cc1ccc(NCC(=O)Nc2c(C)cccc2C)cc1Br. The maximum atomic E-state index is 12.1. The maximum Gasteiger partial charge on any atom is 0.243 e. The Hall–Kier alpha value is -1.81.